The lowest BCUT2D eigenvalue weighted by Crippen LogP contribution is -2.33. The van der Waals surface area contributed by atoms with E-state index >= 15 is 0 Å². The average molecular weight is 187 g/mol. The quantitative estimate of drug-likeness (QED) is 0.732. The zero-order valence-electron chi connectivity index (χ0n) is 9.58. The molecule has 2 atom stereocenters. The van der Waals surface area contributed by atoms with Crippen molar-refractivity contribution in [2.45, 2.75) is 59.0 Å². The molecule has 1 rings (SSSR count). The van der Waals surface area contributed by atoms with Gasteiger partial charge in [0.15, 0.2) is 0 Å². The molecule has 1 saturated heterocycles. The normalized spacial score (nSPS) is 28.4. The van der Waals surface area contributed by atoms with E-state index in [-0.39, 0.29) is 0 Å². The lowest BCUT2D eigenvalue weighted by molar-refractivity contribution is 0.186. The van der Waals surface area contributed by atoms with Crippen LogP contribution in [0.1, 0.15) is 47.0 Å². The first-order chi connectivity index (χ1) is 6.25. The van der Waals surface area contributed by atoms with Crippen LogP contribution in [0.15, 0.2) is 0 Å². The molecule has 0 amide bonds. The van der Waals surface area contributed by atoms with Crippen molar-refractivity contribution in [1.82, 2.24) is 4.90 Å². The first-order valence-electron chi connectivity index (χ1n) is 5.62. The lowest BCUT2D eigenvalue weighted by atomic mass is 10.2. The Kier molecular flexibility index (Phi) is 7.29. The van der Waals surface area contributed by atoms with Gasteiger partial charge in [0, 0.05) is 25.2 Å². The number of hydrogen-bond acceptors (Lipinski definition) is 2. The van der Waals surface area contributed by atoms with Crippen molar-refractivity contribution in [1.29, 1.82) is 0 Å². The van der Waals surface area contributed by atoms with Gasteiger partial charge in [0.2, 0.25) is 0 Å². The summed E-state index contributed by atoms with van der Waals surface area (Å²) in [6.45, 7) is 9.95. The predicted octanol–water partition coefficient (Wildman–Crippen LogP) is 2.27. The molecular weight excluding hydrogens is 162 g/mol. The van der Waals surface area contributed by atoms with Crippen LogP contribution >= 0.6 is 0 Å². The molecule has 0 aromatic rings. The SMILES string of the molecule is CC.C[C@@H]1CC[C@@H](C)N1CCCO. The zero-order chi connectivity index (χ0) is 10.3. The van der Waals surface area contributed by atoms with Crippen LogP contribution < -0.4 is 0 Å². The first kappa shape index (κ1) is 12.9. The minimum Gasteiger partial charge on any atom is -0.396 e. The minimum atomic E-state index is 0.329. The smallest absolute Gasteiger partial charge is 0.0443 e. The standard InChI is InChI=1S/C9H19NO.C2H6/c1-8-4-5-9(2)10(8)6-3-7-11;1-2/h8-9,11H,3-7H2,1-2H3;1-2H3/t8-,9-;/m1./s1. The third-order valence-electron chi connectivity index (χ3n) is 2.71. The summed E-state index contributed by atoms with van der Waals surface area (Å²) in [5.41, 5.74) is 0. The highest BCUT2D eigenvalue weighted by atomic mass is 16.3. The Morgan fingerprint density at radius 1 is 1.15 bits per heavy atom. The van der Waals surface area contributed by atoms with Gasteiger partial charge in [0.1, 0.15) is 0 Å². The Balaban J connectivity index is 0.000000671. The molecule has 0 spiro atoms. The molecule has 1 aliphatic rings. The van der Waals surface area contributed by atoms with E-state index in [1.807, 2.05) is 13.8 Å². The maximum atomic E-state index is 8.67. The van der Waals surface area contributed by atoms with E-state index in [0.29, 0.717) is 6.61 Å². The molecule has 1 heterocycles. The topological polar surface area (TPSA) is 23.5 Å². The summed E-state index contributed by atoms with van der Waals surface area (Å²) in [7, 11) is 0. The van der Waals surface area contributed by atoms with Gasteiger partial charge in [-0.25, -0.2) is 0 Å². The Morgan fingerprint density at radius 3 is 2.00 bits per heavy atom. The molecule has 0 bridgehead atoms. The van der Waals surface area contributed by atoms with Gasteiger partial charge in [-0.05, 0) is 33.1 Å². The van der Waals surface area contributed by atoms with Gasteiger partial charge in [0.05, 0.1) is 0 Å². The number of aliphatic hydroxyl groups excluding tert-OH is 1. The first-order valence-corrected chi connectivity index (χ1v) is 5.62. The molecule has 1 fully saturated rings. The molecule has 1 N–H and O–H groups in total. The molecule has 0 radical (unpaired) electrons. The van der Waals surface area contributed by atoms with Crippen molar-refractivity contribution in [3.8, 4) is 0 Å². The van der Waals surface area contributed by atoms with E-state index in [0.717, 1.165) is 25.0 Å². The van der Waals surface area contributed by atoms with E-state index in [1.165, 1.54) is 12.8 Å². The van der Waals surface area contributed by atoms with Gasteiger partial charge in [-0.2, -0.15) is 0 Å². The van der Waals surface area contributed by atoms with Crippen molar-refractivity contribution in [2.75, 3.05) is 13.2 Å². The summed E-state index contributed by atoms with van der Waals surface area (Å²) in [6.07, 6.45) is 3.58. The fourth-order valence-corrected chi connectivity index (χ4v) is 1.94. The number of aliphatic hydroxyl groups is 1. The summed E-state index contributed by atoms with van der Waals surface area (Å²) in [5, 5.41) is 8.67. The molecule has 80 valence electrons. The van der Waals surface area contributed by atoms with Crippen LogP contribution in [0.4, 0.5) is 0 Å². The van der Waals surface area contributed by atoms with Crippen molar-refractivity contribution in [3.05, 3.63) is 0 Å². The second kappa shape index (κ2) is 7.34. The highest BCUT2D eigenvalue weighted by molar-refractivity contribution is 4.81. The summed E-state index contributed by atoms with van der Waals surface area (Å²) >= 11 is 0. The van der Waals surface area contributed by atoms with Crippen molar-refractivity contribution in [2.24, 2.45) is 0 Å². The molecule has 2 nitrogen and oxygen atoms in total. The fourth-order valence-electron chi connectivity index (χ4n) is 1.94. The Hall–Kier alpha value is -0.0800. The van der Waals surface area contributed by atoms with Crippen LogP contribution in [-0.2, 0) is 0 Å². The predicted molar refractivity (Wildman–Crippen MR) is 57.9 cm³/mol. The molecule has 0 aliphatic carbocycles. The Bertz CT molecular complexity index is 107. The molecule has 0 aromatic carbocycles. The maximum Gasteiger partial charge on any atom is 0.0443 e. The number of hydrogen-bond donors (Lipinski definition) is 1. The van der Waals surface area contributed by atoms with Crippen molar-refractivity contribution < 1.29 is 5.11 Å². The lowest BCUT2D eigenvalue weighted by Gasteiger charge is -2.25. The molecule has 1 aliphatic heterocycles. The minimum absolute atomic E-state index is 0.329. The average Bonchev–Trinajstić information content (AvgIpc) is 2.47. The molecule has 13 heavy (non-hydrogen) atoms. The van der Waals surface area contributed by atoms with Gasteiger partial charge in [-0.15, -0.1) is 0 Å². The second-order valence-electron chi connectivity index (χ2n) is 3.59. The highest BCUT2D eigenvalue weighted by Crippen LogP contribution is 2.22. The summed E-state index contributed by atoms with van der Waals surface area (Å²) in [5.74, 6) is 0. The van der Waals surface area contributed by atoms with Crippen molar-refractivity contribution >= 4 is 0 Å². The van der Waals surface area contributed by atoms with Crippen LogP contribution in [0.3, 0.4) is 0 Å². The molecule has 0 unspecified atom stereocenters. The van der Waals surface area contributed by atoms with E-state index in [9.17, 15) is 0 Å². The van der Waals surface area contributed by atoms with E-state index in [2.05, 4.69) is 18.7 Å². The molecule has 0 aromatic heterocycles. The van der Waals surface area contributed by atoms with E-state index < -0.39 is 0 Å². The zero-order valence-corrected chi connectivity index (χ0v) is 9.58. The summed E-state index contributed by atoms with van der Waals surface area (Å²) in [4.78, 5) is 2.50. The fraction of sp³-hybridized carbons (Fsp3) is 1.00. The van der Waals surface area contributed by atoms with Crippen molar-refractivity contribution in [3.63, 3.8) is 0 Å². The Morgan fingerprint density at radius 2 is 1.62 bits per heavy atom. The van der Waals surface area contributed by atoms with Crippen LogP contribution in [0.25, 0.3) is 0 Å². The van der Waals surface area contributed by atoms with E-state index in [4.69, 9.17) is 5.11 Å². The Labute approximate surface area is 82.9 Å². The van der Waals surface area contributed by atoms with Crippen LogP contribution in [0.2, 0.25) is 0 Å². The van der Waals surface area contributed by atoms with Gasteiger partial charge >= 0.3 is 0 Å². The summed E-state index contributed by atoms with van der Waals surface area (Å²) in [6, 6.07) is 1.47. The van der Waals surface area contributed by atoms with Gasteiger partial charge in [-0.3, -0.25) is 4.90 Å². The van der Waals surface area contributed by atoms with Gasteiger partial charge < -0.3 is 5.11 Å². The number of rotatable bonds is 3. The summed E-state index contributed by atoms with van der Waals surface area (Å²) < 4.78 is 0. The highest BCUT2D eigenvalue weighted by Gasteiger charge is 2.25. The largest absolute Gasteiger partial charge is 0.396 e. The number of likely N-dealkylation sites (tertiary alicyclic amines) is 1. The molecular formula is C11H25NO. The molecule has 2 heteroatoms. The second-order valence-corrected chi connectivity index (χ2v) is 3.59. The monoisotopic (exact) mass is 187 g/mol. The maximum absolute atomic E-state index is 8.67. The van der Waals surface area contributed by atoms with Crippen LogP contribution in [0.5, 0.6) is 0 Å². The van der Waals surface area contributed by atoms with Crippen LogP contribution in [0, 0.1) is 0 Å². The molecule has 0 saturated carbocycles. The third kappa shape index (κ3) is 4.10. The van der Waals surface area contributed by atoms with Crippen LogP contribution in [-0.4, -0.2) is 35.2 Å². The van der Waals surface area contributed by atoms with Gasteiger partial charge in [0.25, 0.3) is 0 Å². The third-order valence-corrected chi connectivity index (χ3v) is 2.71. The van der Waals surface area contributed by atoms with E-state index in [1.54, 1.807) is 0 Å². The number of nitrogens with zero attached hydrogens (tertiary/aromatic N) is 1. The van der Waals surface area contributed by atoms with Gasteiger partial charge in [-0.1, -0.05) is 13.8 Å².